The van der Waals surface area contributed by atoms with Gasteiger partial charge in [0.05, 0.1) is 0 Å². The molecule has 0 aromatic carbocycles. The predicted molar refractivity (Wildman–Crippen MR) is 88.2 cm³/mol. The van der Waals surface area contributed by atoms with Gasteiger partial charge in [0.15, 0.2) is 0 Å². The summed E-state index contributed by atoms with van der Waals surface area (Å²) < 4.78 is 5.80. The third-order valence-electron chi connectivity index (χ3n) is 4.47. The molecule has 1 aliphatic heterocycles. The van der Waals surface area contributed by atoms with Crippen molar-refractivity contribution < 1.29 is 9.21 Å². The number of aromatic nitrogens is 2. The summed E-state index contributed by atoms with van der Waals surface area (Å²) in [6.45, 7) is 1.50. The largest absolute Gasteiger partial charge is 0.425 e. The fourth-order valence-corrected chi connectivity index (χ4v) is 3.52. The molecule has 2 fully saturated rings. The second kappa shape index (κ2) is 6.28. The maximum absolute atomic E-state index is 12.2. The summed E-state index contributed by atoms with van der Waals surface area (Å²) in [5.41, 5.74) is 0. The van der Waals surface area contributed by atoms with Gasteiger partial charge in [-0.2, -0.15) is 0 Å². The Morgan fingerprint density at radius 2 is 1.87 bits per heavy atom. The van der Waals surface area contributed by atoms with E-state index in [4.69, 9.17) is 4.42 Å². The van der Waals surface area contributed by atoms with E-state index < -0.39 is 0 Å². The van der Waals surface area contributed by atoms with Crippen LogP contribution in [0.3, 0.4) is 0 Å². The molecule has 3 heterocycles. The van der Waals surface area contributed by atoms with Crippen molar-refractivity contribution in [3.63, 3.8) is 0 Å². The zero-order valence-electron chi connectivity index (χ0n) is 12.9. The van der Waals surface area contributed by atoms with Gasteiger partial charge >= 0.3 is 0 Å². The van der Waals surface area contributed by atoms with Crippen LogP contribution in [0.15, 0.2) is 28.0 Å². The standard InChI is InChI=1S/C17H19N3O2S/c21-15(6-5-14-2-1-11-23-14)20-9-7-13(8-10-20)17-19-18-16(22-17)12-3-4-12/h1-2,5-6,11-13H,3-4,7-10H2/b6-5+. The fraction of sp³-hybridized carbons (Fsp3) is 0.471. The average molecular weight is 329 g/mol. The number of carbonyl (C=O) groups is 1. The van der Waals surface area contributed by atoms with Crippen LogP contribution in [0.4, 0.5) is 0 Å². The number of hydrogen-bond acceptors (Lipinski definition) is 5. The van der Waals surface area contributed by atoms with Crippen molar-refractivity contribution in [3.8, 4) is 0 Å². The second-order valence-electron chi connectivity index (χ2n) is 6.20. The van der Waals surface area contributed by atoms with Crippen molar-refractivity contribution >= 4 is 23.3 Å². The minimum atomic E-state index is 0.0843. The van der Waals surface area contributed by atoms with E-state index >= 15 is 0 Å². The summed E-state index contributed by atoms with van der Waals surface area (Å²) in [5, 5.41) is 10.4. The van der Waals surface area contributed by atoms with E-state index in [2.05, 4.69) is 10.2 Å². The number of rotatable bonds is 4. The highest BCUT2D eigenvalue weighted by Crippen LogP contribution is 2.40. The van der Waals surface area contributed by atoms with Crippen molar-refractivity contribution in [2.45, 2.75) is 37.5 Å². The van der Waals surface area contributed by atoms with Gasteiger partial charge in [-0.1, -0.05) is 6.07 Å². The lowest BCUT2D eigenvalue weighted by Gasteiger charge is -2.29. The van der Waals surface area contributed by atoms with E-state index in [1.54, 1.807) is 17.4 Å². The van der Waals surface area contributed by atoms with Crippen LogP contribution in [-0.2, 0) is 4.79 Å². The second-order valence-corrected chi connectivity index (χ2v) is 7.18. The summed E-state index contributed by atoms with van der Waals surface area (Å²) in [7, 11) is 0. The summed E-state index contributed by atoms with van der Waals surface area (Å²) >= 11 is 1.63. The molecule has 2 aliphatic rings. The highest BCUT2D eigenvalue weighted by Gasteiger charge is 2.32. The van der Waals surface area contributed by atoms with E-state index in [1.165, 1.54) is 12.8 Å². The molecule has 0 bridgehead atoms. The van der Waals surface area contributed by atoms with E-state index in [-0.39, 0.29) is 5.91 Å². The number of carbonyl (C=O) groups excluding carboxylic acids is 1. The summed E-state index contributed by atoms with van der Waals surface area (Å²) in [4.78, 5) is 15.2. The Morgan fingerprint density at radius 3 is 2.48 bits per heavy atom. The third-order valence-corrected chi connectivity index (χ3v) is 5.31. The van der Waals surface area contributed by atoms with Gasteiger partial charge in [0.1, 0.15) is 0 Å². The molecule has 2 aromatic heterocycles. The first-order valence-electron chi connectivity index (χ1n) is 8.13. The molecular weight excluding hydrogens is 310 g/mol. The summed E-state index contributed by atoms with van der Waals surface area (Å²) in [6, 6.07) is 3.99. The SMILES string of the molecule is O=C(/C=C/c1cccs1)N1CCC(c2nnc(C3CC3)o2)CC1. The van der Waals surface area contributed by atoms with E-state index in [1.807, 2.05) is 28.5 Å². The zero-order chi connectivity index (χ0) is 15.6. The quantitative estimate of drug-likeness (QED) is 0.806. The summed E-state index contributed by atoms with van der Waals surface area (Å²) in [6.07, 6.45) is 7.69. The van der Waals surface area contributed by atoms with Gasteiger partial charge in [0.25, 0.3) is 0 Å². The zero-order valence-corrected chi connectivity index (χ0v) is 13.7. The Labute approximate surface area is 139 Å². The van der Waals surface area contributed by atoms with Gasteiger partial charge in [-0.15, -0.1) is 21.5 Å². The van der Waals surface area contributed by atoms with E-state index in [9.17, 15) is 4.79 Å². The number of nitrogens with zero attached hydrogens (tertiary/aromatic N) is 3. The first-order chi connectivity index (χ1) is 11.3. The van der Waals surface area contributed by atoms with Crippen LogP contribution in [0.2, 0.25) is 0 Å². The van der Waals surface area contributed by atoms with Crippen molar-refractivity contribution in [1.29, 1.82) is 0 Å². The molecule has 0 radical (unpaired) electrons. The highest BCUT2D eigenvalue weighted by molar-refractivity contribution is 7.10. The molecule has 23 heavy (non-hydrogen) atoms. The summed E-state index contributed by atoms with van der Waals surface area (Å²) in [5.74, 6) is 2.44. The minimum absolute atomic E-state index is 0.0843. The molecule has 0 spiro atoms. The van der Waals surface area contributed by atoms with E-state index in [0.29, 0.717) is 11.8 Å². The van der Waals surface area contributed by atoms with E-state index in [0.717, 1.165) is 42.6 Å². The van der Waals surface area contributed by atoms with Gasteiger partial charge < -0.3 is 9.32 Å². The van der Waals surface area contributed by atoms with Gasteiger partial charge in [-0.3, -0.25) is 4.79 Å². The molecule has 1 aliphatic carbocycles. The van der Waals surface area contributed by atoms with Crippen LogP contribution in [0.25, 0.3) is 6.08 Å². The molecule has 0 atom stereocenters. The normalized spacial score (nSPS) is 19.6. The molecule has 2 aromatic rings. The molecule has 6 heteroatoms. The van der Waals surface area contributed by atoms with Crippen molar-refractivity contribution in [3.05, 3.63) is 40.2 Å². The predicted octanol–water partition coefficient (Wildman–Crippen LogP) is 3.43. The molecule has 5 nitrogen and oxygen atoms in total. The highest BCUT2D eigenvalue weighted by atomic mass is 32.1. The van der Waals surface area contributed by atoms with Gasteiger partial charge in [-0.05, 0) is 43.2 Å². The minimum Gasteiger partial charge on any atom is -0.425 e. The molecule has 120 valence electrons. The smallest absolute Gasteiger partial charge is 0.246 e. The van der Waals surface area contributed by atoms with Crippen LogP contribution in [0.1, 0.15) is 54.2 Å². The van der Waals surface area contributed by atoms with Crippen LogP contribution in [-0.4, -0.2) is 34.1 Å². The Hall–Kier alpha value is -1.95. The lowest BCUT2D eigenvalue weighted by atomic mass is 9.97. The molecule has 0 unspecified atom stereocenters. The van der Waals surface area contributed by atoms with Gasteiger partial charge in [0, 0.05) is 35.9 Å². The Morgan fingerprint density at radius 1 is 1.17 bits per heavy atom. The number of amides is 1. The number of hydrogen-bond donors (Lipinski definition) is 0. The van der Waals surface area contributed by atoms with Gasteiger partial charge in [-0.25, -0.2) is 0 Å². The number of thiophene rings is 1. The van der Waals surface area contributed by atoms with Gasteiger partial charge in [0.2, 0.25) is 17.7 Å². The Balaban J connectivity index is 1.32. The molecule has 1 saturated heterocycles. The monoisotopic (exact) mass is 329 g/mol. The fourth-order valence-electron chi connectivity index (χ4n) is 2.90. The molecular formula is C17H19N3O2S. The van der Waals surface area contributed by atoms with Crippen molar-refractivity contribution in [1.82, 2.24) is 15.1 Å². The van der Waals surface area contributed by atoms with Crippen molar-refractivity contribution in [2.75, 3.05) is 13.1 Å². The van der Waals surface area contributed by atoms with Crippen molar-refractivity contribution in [2.24, 2.45) is 0 Å². The van der Waals surface area contributed by atoms with Crippen LogP contribution in [0.5, 0.6) is 0 Å². The molecule has 1 amide bonds. The lowest BCUT2D eigenvalue weighted by molar-refractivity contribution is -0.127. The number of likely N-dealkylation sites (tertiary alicyclic amines) is 1. The topological polar surface area (TPSA) is 59.2 Å². The Kier molecular flexibility index (Phi) is 3.99. The average Bonchev–Trinajstić information content (AvgIpc) is 3.11. The maximum Gasteiger partial charge on any atom is 0.246 e. The number of piperidine rings is 1. The Bertz CT molecular complexity index is 695. The molecule has 4 rings (SSSR count). The molecule has 0 N–H and O–H groups in total. The lowest BCUT2D eigenvalue weighted by Crippen LogP contribution is -2.36. The van der Waals surface area contributed by atoms with Crippen LogP contribution < -0.4 is 0 Å². The first kappa shape index (κ1) is 14.6. The first-order valence-corrected chi connectivity index (χ1v) is 9.01. The van der Waals surface area contributed by atoms with Crippen LogP contribution >= 0.6 is 11.3 Å². The maximum atomic E-state index is 12.2. The van der Waals surface area contributed by atoms with Crippen LogP contribution in [0, 0.1) is 0 Å². The third kappa shape index (κ3) is 3.37. The molecule has 1 saturated carbocycles.